The third kappa shape index (κ3) is 3.23. The van der Waals surface area contributed by atoms with E-state index in [2.05, 4.69) is 22.8 Å². The fourth-order valence-electron chi connectivity index (χ4n) is 4.22. The van der Waals surface area contributed by atoms with E-state index >= 15 is 0 Å². The smallest absolute Gasteiger partial charge is 0.0562 e. The lowest BCUT2D eigenvalue weighted by Gasteiger charge is -2.31. The minimum absolute atomic E-state index is 0.497. The van der Waals surface area contributed by atoms with E-state index < -0.39 is 0 Å². The predicted molar refractivity (Wildman–Crippen MR) is 86.8 cm³/mol. The largest absolute Gasteiger partial charge is 0.380 e. The standard InChI is InChI=1S/C18H29N3O/c1-20-10-16-8-19-21(9-14-4-2-3-5-14)18(16)17(11-20)13-22-12-15-6-7-15/h8,14-15,17H,2-7,9-13H2,1H3/t17-/m0/s1. The molecule has 2 fully saturated rings. The fourth-order valence-corrected chi connectivity index (χ4v) is 4.22. The average Bonchev–Trinajstić information content (AvgIpc) is 3.02. The van der Waals surface area contributed by atoms with E-state index in [1.807, 2.05) is 0 Å². The highest BCUT2D eigenvalue weighted by Crippen LogP contribution is 2.33. The normalized spacial score (nSPS) is 26.5. The molecular formula is C18H29N3O. The van der Waals surface area contributed by atoms with Crippen molar-refractivity contribution in [1.29, 1.82) is 0 Å². The van der Waals surface area contributed by atoms with Crippen LogP contribution in [0.3, 0.4) is 0 Å². The minimum atomic E-state index is 0.497. The number of ether oxygens (including phenoxy) is 1. The van der Waals surface area contributed by atoms with Crippen LogP contribution in [-0.2, 0) is 17.8 Å². The molecule has 0 radical (unpaired) electrons. The van der Waals surface area contributed by atoms with Crippen molar-refractivity contribution < 1.29 is 4.74 Å². The summed E-state index contributed by atoms with van der Waals surface area (Å²) in [6.45, 7) is 5.10. The molecule has 0 N–H and O–H groups in total. The van der Waals surface area contributed by atoms with Gasteiger partial charge in [0.1, 0.15) is 0 Å². The molecule has 122 valence electrons. The van der Waals surface area contributed by atoms with Gasteiger partial charge < -0.3 is 9.64 Å². The van der Waals surface area contributed by atoms with Gasteiger partial charge in [0.2, 0.25) is 0 Å². The number of rotatable bonds is 6. The molecule has 22 heavy (non-hydrogen) atoms. The second-order valence-corrected chi connectivity index (χ2v) is 7.76. The first-order chi connectivity index (χ1) is 10.8. The van der Waals surface area contributed by atoms with Gasteiger partial charge in [0.25, 0.3) is 0 Å². The molecule has 2 aliphatic carbocycles. The fraction of sp³-hybridized carbons (Fsp3) is 0.833. The van der Waals surface area contributed by atoms with E-state index in [-0.39, 0.29) is 0 Å². The van der Waals surface area contributed by atoms with E-state index in [0.717, 1.165) is 44.7 Å². The van der Waals surface area contributed by atoms with Gasteiger partial charge in [0, 0.05) is 43.4 Å². The van der Waals surface area contributed by atoms with Crippen LogP contribution in [0.1, 0.15) is 55.7 Å². The predicted octanol–water partition coefficient (Wildman–Crippen LogP) is 3.03. The number of hydrogen-bond acceptors (Lipinski definition) is 3. The molecule has 4 rings (SSSR count). The summed E-state index contributed by atoms with van der Waals surface area (Å²) in [6.07, 6.45) is 10.4. The van der Waals surface area contributed by atoms with Gasteiger partial charge in [0.15, 0.2) is 0 Å². The van der Waals surface area contributed by atoms with Crippen LogP contribution in [-0.4, -0.2) is 41.5 Å². The van der Waals surface area contributed by atoms with Crippen LogP contribution < -0.4 is 0 Å². The van der Waals surface area contributed by atoms with Crippen molar-refractivity contribution in [3.05, 3.63) is 17.5 Å². The molecule has 4 nitrogen and oxygen atoms in total. The van der Waals surface area contributed by atoms with Gasteiger partial charge >= 0.3 is 0 Å². The summed E-state index contributed by atoms with van der Waals surface area (Å²) in [7, 11) is 2.21. The maximum Gasteiger partial charge on any atom is 0.0562 e. The molecule has 2 saturated carbocycles. The topological polar surface area (TPSA) is 30.3 Å². The van der Waals surface area contributed by atoms with Crippen LogP contribution in [0, 0.1) is 11.8 Å². The van der Waals surface area contributed by atoms with Crippen LogP contribution in [0.25, 0.3) is 0 Å². The van der Waals surface area contributed by atoms with Crippen molar-refractivity contribution in [1.82, 2.24) is 14.7 Å². The third-order valence-electron chi connectivity index (χ3n) is 5.59. The molecule has 3 aliphatic rings. The summed E-state index contributed by atoms with van der Waals surface area (Å²) < 4.78 is 8.35. The Morgan fingerprint density at radius 2 is 1.95 bits per heavy atom. The van der Waals surface area contributed by atoms with E-state index in [4.69, 9.17) is 9.84 Å². The number of hydrogen-bond donors (Lipinski definition) is 0. The maximum atomic E-state index is 6.03. The van der Waals surface area contributed by atoms with Crippen LogP contribution in [0.2, 0.25) is 0 Å². The van der Waals surface area contributed by atoms with Crippen LogP contribution in [0.4, 0.5) is 0 Å². The molecular weight excluding hydrogens is 274 g/mol. The Hall–Kier alpha value is -0.870. The SMILES string of the molecule is CN1Cc2cnn(CC3CCCC3)c2[C@H](COCC2CC2)C1. The highest BCUT2D eigenvalue weighted by molar-refractivity contribution is 5.25. The van der Waals surface area contributed by atoms with Gasteiger partial charge in [-0.3, -0.25) is 4.68 Å². The zero-order chi connectivity index (χ0) is 14.9. The Balaban J connectivity index is 1.46. The number of likely N-dealkylation sites (N-methyl/N-ethyl adjacent to an activating group) is 1. The van der Waals surface area contributed by atoms with Gasteiger partial charge in [-0.25, -0.2) is 0 Å². The zero-order valence-electron chi connectivity index (χ0n) is 13.8. The van der Waals surface area contributed by atoms with E-state index in [0.29, 0.717) is 5.92 Å². The molecule has 0 aromatic carbocycles. The first-order valence-electron chi connectivity index (χ1n) is 9.10. The molecule has 1 atom stereocenters. The monoisotopic (exact) mass is 303 g/mol. The van der Waals surface area contributed by atoms with E-state index in [9.17, 15) is 0 Å². The van der Waals surface area contributed by atoms with Crippen molar-refractivity contribution in [2.45, 2.75) is 57.5 Å². The molecule has 0 saturated heterocycles. The zero-order valence-corrected chi connectivity index (χ0v) is 13.8. The summed E-state index contributed by atoms with van der Waals surface area (Å²) in [5.74, 6) is 2.19. The Bertz CT molecular complexity index is 502. The van der Waals surface area contributed by atoms with Crippen molar-refractivity contribution in [3.63, 3.8) is 0 Å². The van der Waals surface area contributed by atoms with Crippen molar-refractivity contribution >= 4 is 0 Å². The second-order valence-electron chi connectivity index (χ2n) is 7.76. The highest BCUT2D eigenvalue weighted by atomic mass is 16.5. The summed E-state index contributed by atoms with van der Waals surface area (Å²) in [4.78, 5) is 2.41. The molecule has 1 aromatic heterocycles. The molecule has 0 unspecified atom stereocenters. The molecule has 0 amide bonds. The average molecular weight is 303 g/mol. The lowest BCUT2D eigenvalue weighted by atomic mass is 9.97. The van der Waals surface area contributed by atoms with Gasteiger partial charge in [0.05, 0.1) is 12.8 Å². The van der Waals surface area contributed by atoms with Crippen LogP contribution in [0.15, 0.2) is 6.20 Å². The maximum absolute atomic E-state index is 6.03. The van der Waals surface area contributed by atoms with Crippen molar-refractivity contribution in [3.8, 4) is 0 Å². The molecule has 0 bridgehead atoms. The highest BCUT2D eigenvalue weighted by Gasteiger charge is 2.30. The number of aromatic nitrogens is 2. The quantitative estimate of drug-likeness (QED) is 0.809. The first kappa shape index (κ1) is 14.7. The van der Waals surface area contributed by atoms with Gasteiger partial charge in [-0.2, -0.15) is 5.10 Å². The lowest BCUT2D eigenvalue weighted by molar-refractivity contribution is 0.0927. The van der Waals surface area contributed by atoms with Crippen molar-refractivity contribution in [2.75, 3.05) is 26.8 Å². The van der Waals surface area contributed by atoms with Crippen LogP contribution >= 0.6 is 0 Å². The summed E-state index contributed by atoms with van der Waals surface area (Å²) in [6, 6.07) is 0. The lowest BCUT2D eigenvalue weighted by Crippen LogP contribution is -2.34. The molecule has 1 aliphatic heterocycles. The van der Waals surface area contributed by atoms with Gasteiger partial charge in [-0.1, -0.05) is 12.8 Å². The number of nitrogens with zero attached hydrogens (tertiary/aromatic N) is 3. The third-order valence-corrected chi connectivity index (χ3v) is 5.59. The molecule has 1 aromatic rings. The van der Waals surface area contributed by atoms with Crippen molar-refractivity contribution in [2.24, 2.45) is 11.8 Å². The Morgan fingerprint density at radius 1 is 1.14 bits per heavy atom. The Labute approximate surface area is 133 Å². The van der Waals surface area contributed by atoms with Gasteiger partial charge in [-0.15, -0.1) is 0 Å². The van der Waals surface area contributed by atoms with E-state index in [1.165, 1.54) is 49.8 Å². The molecule has 2 heterocycles. The molecule has 4 heteroatoms. The summed E-state index contributed by atoms with van der Waals surface area (Å²) in [5, 5.41) is 4.74. The Kier molecular flexibility index (Phi) is 4.23. The minimum Gasteiger partial charge on any atom is -0.380 e. The van der Waals surface area contributed by atoms with E-state index in [1.54, 1.807) is 0 Å². The molecule has 0 spiro atoms. The number of fused-ring (bicyclic) bond motifs is 1. The second kappa shape index (κ2) is 6.32. The Morgan fingerprint density at radius 3 is 2.73 bits per heavy atom. The van der Waals surface area contributed by atoms with Gasteiger partial charge in [-0.05, 0) is 44.6 Å². The van der Waals surface area contributed by atoms with Crippen LogP contribution in [0.5, 0.6) is 0 Å². The summed E-state index contributed by atoms with van der Waals surface area (Å²) in [5.41, 5.74) is 2.90. The first-order valence-corrected chi connectivity index (χ1v) is 9.10. The summed E-state index contributed by atoms with van der Waals surface area (Å²) >= 11 is 0.